The standard InChI is InChI=1S/C23H32Cl2N2O5/c1-22(2,3)32-21(29)27(5)19-14-23(30-10-11-31-23)9-8-18(19)26(4)20(28)13-15-6-7-16(24)17(25)12-15/h6-7,12,18-19H,8-11,13-14H2,1-5H3/t18-,19-/m0/s1. The molecule has 32 heavy (non-hydrogen) atoms. The number of carbonyl (C=O) groups is 2. The van der Waals surface area contributed by atoms with E-state index in [1.165, 1.54) is 0 Å². The summed E-state index contributed by atoms with van der Waals surface area (Å²) in [4.78, 5) is 29.3. The molecule has 1 aromatic carbocycles. The van der Waals surface area contributed by atoms with Crippen LogP contribution in [0.5, 0.6) is 0 Å². The van der Waals surface area contributed by atoms with Gasteiger partial charge in [-0.15, -0.1) is 0 Å². The second-order valence-corrected chi connectivity index (χ2v) is 10.3. The van der Waals surface area contributed by atoms with Crippen LogP contribution in [0.1, 0.15) is 45.6 Å². The highest BCUT2D eigenvalue weighted by molar-refractivity contribution is 6.42. The van der Waals surface area contributed by atoms with Gasteiger partial charge in [-0.2, -0.15) is 0 Å². The number of rotatable bonds is 4. The van der Waals surface area contributed by atoms with E-state index >= 15 is 0 Å². The average Bonchev–Trinajstić information content (AvgIpc) is 3.16. The maximum absolute atomic E-state index is 13.1. The summed E-state index contributed by atoms with van der Waals surface area (Å²) in [5.41, 5.74) is 0.159. The van der Waals surface area contributed by atoms with Gasteiger partial charge in [0.05, 0.1) is 41.8 Å². The van der Waals surface area contributed by atoms with Crippen molar-refractivity contribution >= 4 is 35.2 Å². The van der Waals surface area contributed by atoms with E-state index in [1.54, 1.807) is 42.1 Å². The van der Waals surface area contributed by atoms with Gasteiger partial charge in [-0.25, -0.2) is 4.79 Å². The molecule has 9 heteroatoms. The Bertz CT molecular complexity index is 851. The molecule has 1 saturated carbocycles. The Morgan fingerprint density at radius 2 is 1.75 bits per heavy atom. The van der Waals surface area contributed by atoms with Crippen LogP contribution < -0.4 is 0 Å². The van der Waals surface area contributed by atoms with Crippen molar-refractivity contribution in [3.8, 4) is 0 Å². The Morgan fingerprint density at radius 1 is 1.09 bits per heavy atom. The number of likely N-dealkylation sites (N-methyl/N-ethyl adjacent to an activating group) is 2. The van der Waals surface area contributed by atoms with Gasteiger partial charge < -0.3 is 24.0 Å². The van der Waals surface area contributed by atoms with Gasteiger partial charge in [-0.1, -0.05) is 29.3 Å². The summed E-state index contributed by atoms with van der Waals surface area (Å²) in [6, 6.07) is 4.65. The average molecular weight is 487 g/mol. The summed E-state index contributed by atoms with van der Waals surface area (Å²) in [7, 11) is 3.48. The number of nitrogens with zero attached hydrogens (tertiary/aromatic N) is 2. The summed E-state index contributed by atoms with van der Waals surface area (Å²) in [6.45, 7) is 6.54. The Hall–Kier alpha value is -1.54. The molecule has 1 spiro atoms. The summed E-state index contributed by atoms with van der Waals surface area (Å²) in [5.74, 6) is -0.787. The third-order valence-electron chi connectivity index (χ3n) is 6.01. The fourth-order valence-electron chi connectivity index (χ4n) is 4.33. The van der Waals surface area contributed by atoms with Crippen LogP contribution in [0, 0.1) is 0 Å². The normalized spacial score (nSPS) is 22.6. The number of hydrogen-bond acceptors (Lipinski definition) is 5. The quantitative estimate of drug-likeness (QED) is 0.625. The van der Waals surface area contributed by atoms with Crippen LogP contribution in [-0.4, -0.2) is 72.6 Å². The maximum Gasteiger partial charge on any atom is 0.410 e. The molecule has 0 bridgehead atoms. The molecule has 0 unspecified atom stereocenters. The molecule has 2 amide bonds. The van der Waals surface area contributed by atoms with Crippen molar-refractivity contribution in [2.45, 2.75) is 69.9 Å². The van der Waals surface area contributed by atoms with E-state index in [2.05, 4.69) is 0 Å². The lowest BCUT2D eigenvalue weighted by Crippen LogP contribution is -2.59. The van der Waals surface area contributed by atoms with Crippen molar-refractivity contribution in [2.75, 3.05) is 27.3 Å². The van der Waals surface area contributed by atoms with Gasteiger partial charge in [0.15, 0.2) is 5.79 Å². The second-order valence-electron chi connectivity index (χ2n) is 9.51. The maximum atomic E-state index is 13.1. The zero-order chi connectivity index (χ0) is 23.7. The topological polar surface area (TPSA) is 68.3 Å². The molecule has 7 nitrogen and oxygen atoms in total. The first kappa shape index (κ1) is 25.1. The third kappa shape index (κ3) is 5.87. The zero-order valence-corrected chi connectivity index (χ0v) is 20.8. The minimum atomic E-state index is -0.717. The molecule has 2 fully saturated rings. The number of hydrogen-bond donors (Lipinski definition) is 0. The van der Waals surface area contributed by atoms with E-state index in [0.29, 0.717) is 42.5 Å². The Morgan fingerprint density at radius 3 is 2.34 bits per heavy atom. The molecule has 1 saturated heterocycles. The predicted molar refractivity (Wildman–Crippen MR) is 123 cm³/mol. The van der Waals surface area contributed by atoms with E-state index < -0.39 is 17.5 Å². The van der Waals surface area contributed by atoms with Crippen molar-refractivity contribution in [3.63, 3.8) is 0 Å². The largest absolute Gasteiger partial charge is 0.444 e. The second kappa shape index (κ2) is 9.75. The lowest BCUT2D eigenvalue weighted by Gasteiger charge is -2.47. The van der Waals surface area contributed by atoms with Crippen LogP contribution in [0.3, 0.4) is 0 Å². The van der Waals surface area contributed by atoms with Crippen LogP contribution in [0.15, 0.2) is 18.2 Å². The monoisotopic (exact) mass is 486 g/mol. The van der Waals surface area contributed by atoms with Crippen LogP contribution in [0.4, 0.5) is 4.79 Å². The lowest BCUT2D eigenvalue weighted by atomic mass is 9.84. The molecule has 2 atom stereocenters. The zero-order valence-electron chi connectivity index (χ0n) is 19.3. The lowest BCUT2D eigenvalue weighted by molar-refractivity contribution is -0.197. The minimum Gasteiger partial charge on any atom is -0.444 e. The number of halogens is 2. The molecule has 1 aromatic rings. The highest BCUT2D eigenvalue weighted by Gasteiger charge is 2.49. The summed E-state index contributed by atoms with van der Waals surface area (Å²) in [6.07, 6.45) is 1.51. The van der Waals surface area contributed by atoms with E-state index in [9.17, 15) is 9.59 Å². The molecule has 1 aliphatic heterocycles. The number of amides is 2. The van der Waals surface area contributed by atoms with Gasteiger partial charge in [0.2, 0.25) is 5.91 Å². The molecule has 1 heterocycles. The highest BCUT2D eigenvalue weighted by atomic mass is 35.5. The molecular formula is C23H32Cl2N2O5. The van der Waals surface area contributed by atoms with Crippen molar-refractivity contribution in [1.29, 1.82) is 0 Å². The van der Waals surface area contributed by atoms with E-state index in [1.807, 2.05) is 20.8 Å². The summed E-state index contributed by atoms with van der Waals surface area (Å²) < 4.78 is 17.4. The fourth-order valence-corrected chi connectivity index (χ4v) is 4.65. The van der Waals surface area contributed by atoms with E-state index in [0.717, 1.165) is 5.56 Å². The van der Waals surface area contributed by atoms with Crippen LogP contribution in [0.2, 0.25) is 10.0 Å². The summed E-state index contributed by atoms with van der Waals surface area (Å²) in [5, 5.41) is 0.863. The molecule has 2 aliphatic rings. The molecule has 0 radical (unpaired) electrons. The first-order valence-corrected chi connectivity index (χ1v) is 11.6. The first-order chi connectivity index (χ1) is 14.9. The van der Waals surface area contributed by atoms with Crippen LogP contribution in [-0.2, 0) is 25.4 Å². The number of benzene rings is 1. The number of ether oxygens (including phenoxy) is 3. The van der Waals surface area contributed by atoms with Gasteiger partial charge in [-0.05, 0) is 44.9 Å². The predicted octanol–water partition coefficient (Wildman–Crippen LogP) is 4.53. The van der Waals surface area contributed by atoms with Gasteiger partial charge in [0.1, 0.15) is 5.60 Å². The molecule has 0 aromatic heterocycles. The molecule has 0 N–H and O–H groups in total. The summed E-state index contributed by atoms with van der Waals surface area (Å²) >= 11 is 12.1. The van der Waals surface area contributed by atoms with Crippen molar-refractivity contribution < 1.29 is 23.8 Å². The van der Waals surface area contributed by atoms with E-state index in [4.69, 9.17) is 37.4 Å². The number of carbonyl (C=O) groups excluding carboxylic acids is 2. The van der Waals surface area contributed by atoms with Crippen LogP contribution >= 0.6 is 23.2 Å². The van der Waals surface area contributed by atoms with Crippen molar-refractivity contribution in [2.24, 2.45) is 0 Å². The Labute approximate surface area is 199 Å². The van der Waals surface area contributed by atoms with Gasteiger partial charge in [-0.3, -0.25) is 4.79 Å². The first-order valence-electron chi connectivity index (χ1n) is 10.8. The van der Waals surface area contributed by atoms with Gasteiger partial charge >= 0.3 is 6.09 Å². The van der Waals surface area contributed by atoms with Crippen molar-refractivity contribution in [1.82, 2.24) is 9.80 Å². The van der Waals surface area contributed by atoms with Crippen molar-refractivity contribution in [3.05, 3.63) is 33.8 Å². The van der Waals surface area contributed by atoms with Gasteiger partial charge in [0, 0.05) is 26.9 Å². The highest BCUT2D eigenvalue weighted by Crippen LogP contribution is 2.39. The molecular weight excluding hydrogens is 455 g/mol. The smallest absolute Gasteiger partial charge is 0.410 e. The molecule has 3 rings (SSSR count). The van der Waals surface area contributed by atoms with E-state index in [-0.39, 0.29) is 24.4 Å². The Kier molecular flexibility index (Phi) is 7.65. The van der Waals surface area contributed by atoms with Crippen LogP contribution in [0.25, 0.3) is 0 Å². The fraction of sp³-hybridized carbons (Fsp3) is 0.652. The molecule has 178 valence electrons. The minimum absolute atomic E-state index is 0.0693. The molecule has 1 aliphatic carbocycles. The SMILES string of the molecule is CN(C(=O)Cc1ccc(Cl)c(Cl)c1)[C@H]1CCC2(C[C@@H]1N(C)C(=O)OC(C)(C)C)OCCO2. The van der Waals surface area contributed by atoms with Gasteiger partial charge in [0.25, 0.3) is 0 Å². The third-order valence-corrected chi connectivity index (χ3v) is 6.75. The Balaban J connectivity index is 1.78.